The van der Waals surface area contributed by atoms with E-state index in [0.717, 1.165) is 5.69 Å². The molecule has 1 amide bonds. The fraction of sp³-hybridized carbons (Fsp3) is 0.364. The van der Waals surface area contributed by atoms with Gasteiger partial charge in [-0.15, -0.1) is 0 Å². The molecule has 1 saturated heterocycles. The number of anilines is 1. The van der Waals surface area contributed by atoms with Crippen LogP contribution < -0.4 is 15.9 Å². The van der Waals surface area contributed by atoms with Gasteiger partial charge in [0, 0.05) is 59.3 Å². The standard InChI is InChI=1S/C22H23BrN6O6/c1-14-21(23)18(13-34-2)17(10-24)22(31)28(14)12-20(30)26-25-11-15-9-16(29(32)33)3-4-19(15)27-5-7-35-8-6-27/h3-4,9,11H,5-8,12-13H2,1-2H3,(H,26,30)/b25-11-. The van der Waals surface area contributed by atoms with Gasteiger partial charge < -0.3 is 18.9 Å². The minimum atomic E-state index is -0.618. The summed E-state index contributed by atoms with van der Waals surface area (Å²) in [5, 5.41) is 24.6. The summed E-state index contributed by atoms with van der Waals surface area (Å²) < 4.78 is 12.1. The van der Waals surface area contributed by atoms with E-state index in [-0.39, 0.29) is 24.4 Å². The molecule has 35 heavy (non-hydrogen) atoms. The third-order valence-electron chi connectivity index (χ3n) is 5.42. The Bertz CT molecular complexity index is 1260. The van der Waals surface area contributed by atoms with Crippen LogP contribution in [0.3, 0.4) is 0 Å². The van der Waals surface area contributed by atoms with Gasteiger partial charge in [0.1, 0.15) is 18.2 Å². The maximum Gasteiger partial charge on any atom is 0.270 e. The maximum absolute atomic E-state index is 12.8. The average Bonchev–Trinajstić information content (AvgIpc) is 2.86. The van der Waals surface area contributed by atoms with Gasteiger partial charge in [0.25, 0.3) is 17.2 Å². The zero-order chi connectivity index (χ0) is 25.5. The van der Waals surface area contributed by atoms with Crippen LogP contribution in [-0.4, -0.2) is 55.0 Å². The predicted molar refractivity (Wildman–Crippen MR) is 130 cm³/mol. The fourth-order valence-corrected chi connectivity index (χ4v) is 4.18. The molecule has 0 saturated carbocycles. The number of rotatable bonds is 8. The maximum atomic E-state index is 12.8. The molecule has 0 atom stereocenters. The van der Waals surface area contributed by atoms with E-state index in [1.54, 1.807) is 13.0 Å². The van der Waals surface area contributed by atoms with E-state index in [0.29, 0.717) is 47.6 Å². The van der Waals surface area contributed by atoms with Crippen LogP contribution in [0.25, 0.3) is 0 Å². The number of carbonyl (C=O) groups excluding carboxylic acids is 1. The van der Waals surface area contributed by atoms with Crippen molar-refractivity contribution in [3.63, 3.8) is 0 Å². The number of carbonyl (C=O) groups is 1. The summed E-state index contributed by atoms with van der Waals surface area (Å²) in [7, 11) is 1.45. The first-order valence-corrected chi connectivity index (χ1v) is 11.3. The monoisotopic (exact) mass is 546 g/mol. The summed E-state index contributed by atoms with van der Waals surface area (Å²) in [5.74, 6) is -0.611. The molecule has 1 aliphatic rings. The van der Waals surface area contributed by atoms with Crippen molar-refractivity contribution in [2.75, 3.05) is 38.3 Å². The molecule has 184 valence electrons. The predicted octanol–water partition coefficient (Wildman–Crippen LogP) is 1.83. The van der Waals surface area contributed by atoms with Crippen molar-refractivity contribution in [3.05, 3.63) is 65.5 Å². The SMILES string of the molecule is COCc1c(Br)c(C)n(CC(=O)N/N=C\c2cc([N+](=O)[O-])ccc2N2CCOCC2)c(=O)c1C#N. The molecule has 2 aromatic rings. The molecule has 13 heteroatoms. The van der Waals surface area contributed by atoms with Crippen molar-refractivity contribution in [1.29, 1.82) is 5.26 Å². The lowest BCUT2D eigenvalue weighted by Gasteiger charge is -2.29. The molecule has 1 aromatic heterocycles. The number of hydrogen-bond donors (Lipinski definition) is 1. The molecule has 0 aliphatic carbocycles. The lowest BCUT2D eigenvalue weighted by Crippen LogP contribution is -2.36. The van der Waals surface area contributed by atoms with Gasteiger partial charge in [0.2, 0.25) is 0 Å². The van der Waals surface area contributed by atoms with Gasteiger partial charge in [-0.25, -0.2) is 5.43 Å². The Labute approximate surface area is 209 Å². The Kier molecular flexibility index (Phi) is 8.69. The number of nitrogens with one attached hydrogen (secondary N) is 1. The fourth-order valence-electron chi connectivity index (χ4n) is 3.65. The number of pyridine rings is 1. The van der Waals surface area contributed by atoms with Gasteiger partial charge in [-0.1, -0.05) is 0 Å². The summed E-state index contributed by atoms with van der Waals surface area (Å²) in [6, 6.07) is 6.30. The number of methoxy groups -OCH3 is 1. The Morgan fingerprint density at radius 3 is 2.77 bits per heavy atom. The van der Waals surface area contributed by atoms with Gasteiger partial charge >= 0.3 is 0 Å². The Hall–Kier alpha value is -3.60. The van der Waals surface area contributed by atoms with Crippen molar-refractivity contribution < 1.29 is 19.2 Å². The number of nitrogens with zero attached hydrogens (tertiary/aromatic N) is 5. The van der Waals surface area contributed by atoms with Crippen LogP contribution in [0.2, 0.25) is 0 Å². The minimum Gasteiger partial charge on any atom is -0.380 e. The number of ether oxygens (including phenoxy) is 2. The molecule has 12 nitrogen and oxygen atoms in total. The Morgan fingerprint density at radius 2 is 2.14 bits per heavy atom. The number of nitro groups is 1. The van der Waals surface area contributed by atoms with Crippen LogP contribution in [0.1, 0.15) is 22.4 Å². The van der Waals surface area contributed by atoms with Gasteiger partial charge in [-0.2, -0.15) is 10.4 Å². The molecule has 2 heterocycles. The first-order chi connectivity index (χ1) is 16.8. The number of morpholine rings is 1. The summed E-state index contributed by atoms with van der Waals surface area (Å²) in [6.07, 6.45) is 1.32. The topological polar surface area (TPSA) is 152 Å². The molecule has 0 radical (unpaired) electrons. The van der Waals surface area contributed by atoms with E-state index in [4.69, 9.17) is 9.47 Å². The zero-order valence-electron chi connectivity index (χ0n) is 19.1. The van der Waals surface area contributed by atoms with Crippen LogP contribution in [0.5, 0.6) is 0 Å². The first kappa shape index (κ1) is 26.0. The number of halogens is 1. The first-order valence-electron chi connectivity index (χ1n) is 10.5. The normalized spacial score (nSPS) is 13.6. The highest BCUT2D eigenvalue weighted by Gasteiger charge is 2.20. The Balaban J connectivity index is 1.82. The number of hydrogen-bond acceptors (Lipinski definition) is 9. The van der Waals surface area contributed by atoms with Crippen molar-refractivity contribution in [1.82, 2.24) is 9.99 Å². The molecule has 1 N–H and O–H groups in total. The number of non-ortho nitro benzene ring substituents is 1. The number of hydrazone groups is 1. The highest BCUT2D eigenvalue weighted by molar-refractivity contribution is 9.10. The molecule has 3 rings (SSSR count). The van der Waals surface area contributed by atoms with E-state index in [2.05, 4.69) is 26.5 Å². The second-order valence-corrected chi connectivity index (χ2v) is 8.37. The molecular weight excluding hydrogens is 524 g/mol. The largest absolute Gasteiger partial charge is 0.380 e. The van der Waals surface area contributed by atoms with Gasteiger partial charge in [-0.05, 0) is 28.9 Å². The van der Waals surface area contributed by atoms with Crippen molar-refractivity contribution in [2.24, 2.45) is 5.10 Å². The van der Waals surface area contributed by atoms with E-state index in [9.17, 15) is 25.0 Å². The second-order valence-electron chi connectivity index (χ2n) is 7.58. The van der Waals surface area contributed by atoms with E-state index in [1.807, 2.05) is 11.0 Å². The number of benzene rings is 1. The van der Waals surface area contributed by atoms with E-state index in [1.165, 1.54) is 30.0 Å². The number of nitro benzene ring substituents is 1. The Morgan fingerprint density at radius 1 is 1.43 bits per heavy atom. The van der Waals surface area contributed by atoms with Crippen molar-refractivity contribution in [3.8, 4) is 6.07 Å². The lowest BCUT2D eigenvalue weighted by molar-refractivity contribution is -0.384. The highest BCUT2D eigenvalue weighted by Crippen LogP contribution is 2.25. The number of nitriles is 1. The summed E-state index contributed by atoms with van der Waals surface area (Å²) in [5.41, 5.74) is 3.54. The summed E-state index contributed by atoms with van der Waals surface area (Å²) >= 11 is 3.37. The molecule has 1 aromatic carbocycles. The summed E-state index contributed by atoms with van der Waals surface area (Å²) in [4.78, 5) is 38.1. The molecule has 0 unspecified atom stereocenters. The molecule has 1 aliphatic heterocycles. The van der Waals surface area contributed by atoms with E-state index >= 15 is 0 Å². The smallest absolute Gasteiger partial charge is 0.270 e. The second kappa shape index (κ2) is 11.7. The number of amides is 1. The van der Waals surface area contributed by atoms with Gasteiger partial charge in [0.05, 0.1) is 31.0 Å². The van der Waals surface area contributed by atoms with Crippen molar-refractivity contribution in [2.45, 2.75) is 20.1 Å². The molecule has 1 fully saturated rings. The zero-order valence-corrected chi connectivity index (χ0v) is 20.7. The van der Waals surface area contributed by atoms with Crippen LogP contribution in [0.4, 0.5) is 11.4 Å². The molecular formula is C22H23BrN6O6. The van der Waals surface area contributed by atoms with Gasteiger partial charge in [-0.3, -0.25) is 19.7 Å². The average molecular weight is 547 g/mol. The van der Waals surface area contributed by atoms with Crippen LogP contribution >= 0.6 is 15.9 Å². The molecule has 0 bridgehead atoms. The lowest BCUT2D eigenvalue weighted by atomic mass is 10.1. The quantitative estimate of drug-likeness (QED) is 0.299. The molecule has 0 spiro atoms. The van der Waals surface area contributed by atoms with Crippen molar-refractivity contribution >= 4 is 39.4 Å². The highest BCUT2D eigenvalue weighted by atomic mass is 79.9. The number of aromatic nitrogens is 1. The third kappa shape index (κ3) is 5.91. The van der Waals surface area contributed by atoms with Crippen LogP contribution in [0, 0.1) is 28.4 Å². The van der Waals surface area contributed by atoms with Crippen LogP contribution in [-0.2, 0) is 27.4 Å². The van der Waals surface area contributed by atoms with E-state index < -0.39 is 16.4 Å². The third-order valence-corrected chi connectivity index (χ3v) is 6.47. The van der Waals surface area contributed by atoms with Crippen LogP contribution in [0.15, 0.2) is 32.6 Å². The minimum absolute atomic E-state index is 0.0611. The van der Waals surface area contributed by atoms with Gasteiger partial charge in [0.15, 0.2) is 0 Å². The summed E-state index contributed by atoms with van der Waals surface area (Å²) in [6.45, 7) is 3.60.